The van der Waals surface area contributed by atoms with E-state index in [-0.39, 0.29) is 17.9 Å². The molecule has 158 valence electrons. The Kier molecular flexibility index (Phi) is 6.03. The summed E-state index contributed by atoms with van der Waals surface area (Å²) in [6, 6.07) is 5.90. The second kappa shape index (κ2) is 8.87. The van der Waals surface area contributed by atoms with Crippen LogP contribution in [-0.4, -0.2) is 40.0 Å². The molecule has 0 aliphatic carbocycles. The molecule has 30 heavy (non-hydrogen) atoms. The molecule has 1 aliphatic heterocycles. The van der Waals surface area contributed by atoms with Gasteiger partial charge in [-0.1, -0.05) is 6.07 Å². The van der Waals surface area contributed by atoms with E-state index in [1.165, 1.54) is 18.2 Å². The molecule has 6 nitrogen and oxygen atoms in total. The number of ketones is 1. The van der Waals surface area contributed by atoms with Crippen molar-refractivity contribution < 1.29 is 23.0 Å². The number of fused-ring (bicyclic) bond motifs is 1. The van der Waals surface area contributed by atoms with Gasteiger partial charge in [-0.25, -0.2) is 18.7 Å². The van der Waals surface area contributed by atoms with Gasteiger partial charge in [0.25, 0.3) is 6.43 Å². The minimum atomic E-state index is -2.72. The summed E-state index contributed by atoms with van der Waals surface area (Å²) >= 11 is 0. The number of carbonyl (C=O) groups excluding carboxylic acids is 1. The lowest BCUT2D eigenvalue weighted by Gasteiger charge is -2.19. The Morgan fingerprint density at radius 3 is 2.80 bits per heavy atom. The molecule has 0 bridgehead atoms. The summed E-state index contributed by atoms with van der Waals surface area (Å²) in [4.78, 5) is 21.3. The van der Waals surface area contributed by atoms with Crippen molar-refractivity contribution in [3.05, 3.63) is 59.3 Å². The van der Waals surface area contributed by atoms with Gasteiger partial charge in [-0.05, 0) is 31.9 Å². The molecule has 4 rings (SSSR count). The molecule has 3 aromatic heterocycles. The molecule has 8 heteroatoms. The van der Waals surface area contributed by atoms with E-state index in [0.717, 1.165) is 37.4 Å². The van der Waals surface area contributed by atoms with Crippen LogP contribution < -0.4 is 4.74 Å². The number of rotatable bonds is 7. The van der Waals surface area contributed by atoms with Crippen LogP contribution >= 0.6 is 0 Å². The van der Waals surface area contributed by atoms with Crippen LogP contribution in [0.15, 0.2) is 36.7 Å². The van der Waals surface area contributed by atoms with Gasteiger partial charge < -0.3 is 13.9 Å². The van der Waals surface area contributed by atoms with Gasteiger partial charge in [-0.2, -0.15) is 0 Å². The summed E-state index contributed by atoms with van der Waals surface area (Å²) in [7, 11) is 0. The Hall–Kier alpha value is -2.87. The zero-order valence-electron chi connectivity index (χ0n) is 16.7. The maximum absolute atomic E-state index is 12.9. The topological polar surface area (TPSA) is 65.7 Å². The summed E-state index contributed by atoms with van der Waals surface area (Å²) in [5, 5.41) is 0. The van der Waals surface area contributed by atoms with Crippen LogP contribution in [0.25, 0.3) is 5.65 Å². The van der Waals surface area contributed by atoms with Crippen LogP contribution in [-0.2, 0) is 11.2 Å². The molecule has 1 saturated heterocycles. The monoisotopic (exact) mass is 415 g/mol. The number of ether oxygens (including phenoxy) is 2. The first kappa shape index (κ1) is 20.4. The van der Waals surface area contributed by atoms with Gasteiger partial charge in [0.15, 0.2) is 5.78 Å². The summed E-state index contributed by atoms with van der Waals surface area (Å²) < 4.78 is 38.9. The minimum absolute atomic E-state index is 0.00422. The van der Waals surface area contributed by atoms with Crippen LogP contribution in [0.1, 0.15) is 59.5 Å². The predicted molar refractivity (Wildman–Crippen MR) is 106 cm³/mol. The zero-order valence-corrected chi connectivity index (χ0v) is 16.7. The fourth-order valence-electron chi connectivity index (χ4n) is 3.68. The first-order valence-corrected chi connectivity index (χ1v) is 10.1. The smallest absolute Gasteiger partial charge is 0.280 e. The van der Waals surface area contributed by atoms with Gasteiger partial charge in [-0.3, -0.25) is 4.79 Å². The van der Waals surface area contributed by atoms with Crippen molar-refractivity contribution in [1.82, 2.24) is 14.4 Å². The van der Waals surface area contributed by atoms with E-state index in [1.807, 2.05) is 29.8 Å². The molecule has 0 saturated carbocycles. The van der Waals surface area contributed by atoms with Crippen LogP contribution in [0.5, 0.6) is 5.75 Å². The fourth-order valence-corrected chi connectivity index (χ4v) is 3.68. The van der Waals surface area contributed by atoms with E-state index < -0.39 is 12.1 Å². The number of Topliss-reactive ketones (excluding diaryl/α,β-unsaturated/α-hetero) is 1. The Bertz CT molecular complexity index is 1050. The molecule has 0 spiro atoms. The summed E-state index contributed by atoms with van der Waals surface area (Å²) in [5.74, 6) is 0.565. The molecule has 3 aromatic rings. The molecular formula is C22H23F2N3O3. The molecule has 0 N–H and O–H groups in total. The van der Waals surface area contributed by atoms with E-state index in [4.69, 9.17) is 14.5 Å². The van der Waals surface area contributed by atoms with Crippen molar-refractivity contribution in [2.45, 2.75) is 38.5 Å². The van der Waals surface area contributed by atoms with E-state index in [2.05, 4.69) is 4.98 Å². The number of alkyl halides is 2. The van der Waals surface area contributed by atoms with Crippen molar-refractivity contribution in [3.8, 4) is 5.75 Å². The molecule has 4 heterocycles. The summed E-state index contributed by atoms with van der Waals surface area (Å²) in [6.45, 7) is 3.76. The lowest BCUT2D eigenvalue weighted by Crippen LogP contribution is -2.14. The van der Waals surface area contributed by atoms with Crippen molar-refractivity contribution in [3.63, 3.8) is 0 Å². The lowest BCUT2D eigenvalue weighted by molar-refractivity contribution is 0.0846. The molecule has 1 fully saturated rings. The highest BCUT2D eigenvalue weighted by Gasteiger charge is 2.21. The van der Waals surface area contributed by atoms with Crippen LogP contribution in [0, 0.1) is 0 Å². The lowest BCUT2D eigenvalue weighted by atomic mass is 9.97. The highest BCUT2D eigenvalue weighted by molar-refractivity contribution is 5.96. The molecule has 0 atom stereocenters. The zero-order chi connectivity index (χ0) is 21.1. The number of hydrogen-bond donors (Lipinski definition) is 0. The maximum Gasteiger partial charge on any atom is 0.280 e. The predicted octanol–water partition coefficient (Wildman–Crippen LogP) is 4.39. The number of pyridine rings is 2. The number of carbonyl (C=O) groups is 1. The van der Waals surface area contributed by atoms with Crippen molar-refractivity contribution in [1.29, 1.82) is 0 Å². The molecule has 0 unspecified atom stereocenters. The van der Waals surface area contributed by atoms with Crippen molar-refractivity contribution >= 4 is 11.4 Å². The van der Waals surface area contributed by atoms with Crippen molar-refractivity contribution in [2.24, 2.45) is 0 Å². The Morgan fingerprint density at radius 1 is 1.27 bits per heavy atom. The van der Waals surface area contributed by atoms with Gasteiger partial charge in [-0.15, -0.1) is 0 Å². The minimum Gasteiger partial charge on any atom is -0.493 e. The maximum atomic E-state index is 12.9. The van der Waals surface area contributed by atoms with Gasteiger partial charge in [0.2, 0.25) is 0 Å². The summed E-state index contributed by atoms with van der Waals surface area (Å²) in [6.07, 6.45) is 2.94. The number of hydrogen-bond acceptors (Lipinski definition) is 5. The Labute approximate surface area is 172 Å². The van der Waals surface area contributed by atoms with Crippen LogP contribution in [0.3, 0.4) is 0 Å². The molecule has 0 aromatic carbocycles. The molecule has 0 radical (unpaired) electrons. The van der Waals surface area contributed by atoms with Gasteiger partial charge in [0.1, 0.15) is 22.8 Å². The Morgan fingerprint density at radius 2 is 2.07 bits per heavy atom. The number of aromatic nitrogens is 3. The third kappa shape index (κ3) is 4.33. The summed E-state index contributed by atoms with van der Waals surface area (Å²) in [5.41, 5.74) is 2.01. The van der Waals surface area contributed by atoms with Crippen LogP contribution in [0.4, 0.5) is 8.78 Å². The van der Waals surface area contributed by atoms with Crippen molar-refractivity contribution in [2.75, 3.05) is 19.8 Å². The second-order valence-corrected chi connectivity index (χ2v) is 7.26. The second-order valence-electron chi connectivity index (χ2n) is 7.26. The number of nitrogens with zero attached hydrogens (tertiary/aromatic N) is 3. The standard InChI is InChI=1S/C22H23F2N3O3/c1-2-30-20-11-21-26-18(14-6-8-29-9-7-14)13-27(21)12-15(20)10-19(28)16-4-3-5-17(25-16)22(23)24/h3-5,11-14,22H,2,6-10H2,1H3. The third-order valence-electron chi connectivity index (χ3n) is 5.22. The van der Waals surface area contributed by atoms with E-state index >= 15 is 0 Å². The molecule has 0 amide bonds. The highest BCUT2D eigenvalue weighted by Crippen LogP contribution is 2.29. The largest absolute Gasteiger partial charge is 0.493 e. The van der Waals surface area contributed by atoms with E-state index in [0.29, 0.717) is 23.8 Å². The van der Waals surface area contributed by atoms with E-state index in [1.54, 1.807) is 0 Å². The van der Waals surface area contributed by atoms with E-state index in [9.17, 15) is 13.6 Å². The highest BCUT2D eigenvalue weighted by atomic mass is 19.3. The number of imidazole rings is 1. The molecular weight excluding hydrogens is 392 g/mol. The SMILES string of the molecule is CCOc1cc2nc(C3CCOCC3)cn2cc1CC(=O)c1cccc(C(F)F)n1. The first-order chi connectivity index (χ1) is 14.5. The van der Waals surface area contributed by atoms with Gasteiger partial charge in [0.05, 0.1) is 12.3 Å². The average Bonchev–Trinajstić information content (AvgIpc) is 3.17. The van der Waals surface area contributed by atoms with Gasteiger partial charge in [0, 0.05) is 49.6 Å². The fraction of sp³-hybridized carbons (Fsp3) is 0.409. The first-order valence-electron chi connectivity index (χ1n) is 10.1. The quantitative estimate of drug-likeness (QED) is 0.536. The third-order valence-corrected chi connectivity index (χ3v) is 5.22. The Balaban J connectivity index is 1.64. The number of halogens is 2. The van der Waals surface area contributed by atoms with Crippen LogP contribution in [0.2, 0.25) is 0 Å². The average molecular weight is 415 g/mol. The normalized spacial score (nSPS) is 15.1. The molecule has 1 aliphatic rings. The van der Waals surface area contributed by atoms with Gasteiger partial charge >= 0.3 is 0 Å².